The van der Waals surface area contributed by atoms with Crippen molar-refractivity contribution in [1.29, 1.82) is 0 Å². The van der Waals surface area contributed by atoms with Crippen LogP contribution in [0.4, 0.5) is 0 Å². The summed E-state index contributed by atoms with van der Waals surface area (Å²) in [6.07, 6.45) is 11.0. The maximum absolute atomic E-state index is 10.0. The molecule has 0 bridgehead atoms. The van der Waals surface area contributed by atoms with Crippen LogP contribution in [-0.4, -0.2) is 20.3 Å². The van der Waals surface area contributed by atoms with Gasteiger partial charge in [0.15, 0.2) is 0 Å². The number of phenolic OH excluding ortho intramolecular Hbond substituents is 3. The summed E-state index contributed by atoms with van der Waals surface area (Å²) in [5.74, 6) is 0.607. The quantitative estimate of drug-likeness (QED) is 0.316. The van der Waals surface area contributed by atoms with Gasteiger partial charge in [-0.15, -0.1) is 0 Å². The second kappa shape index (κ2) is 10.2. The van der Waals surface area contributed by atoms with Gasteiger partial charge in [-0.1, -0.05) is 66.7 Å². The lowest BCUT2D eigenvalue weighted by Gasteiger charge is -2.03. The van der Waals surface area contributed by atoms with Crippen LogP contribution in [0, 0.1) is 0 Å². The number of phenols is 3. The van der Waals surface area contributed by atoms with E-state index in [4.69, 9.17) is 0 Å². The molecule has 0 aliphatic carbocycles. The minimum Gasteiger partial charge on any atom is -0.507 e. The Hall–Kier alpha value is -4.57. The monoisotopic (exact) mass is 433 g/mol. The van der Waals surface area contributed by atoms with Crippen molar-refractivity contribution in [1.82, 2.24) is 4.98 Å². The molecule has 0 spiro atoms. The Bertz CT molecular complexity index is 1170. The van der Waals surface area contributed by atoms with E-state index in [9.17, 15) is 15.3 Å². The van der Waals surface area contributed by atoms with Crippen molar-refractivity contribution in [3.63, 3.8) is 0 Å². The maximum atomic E-state index is 10.0. The highest BCUT2D eigenvalue weighted by Crippen LogP contribution is 2.23. The summed E-state index contributed by atoms with van der Waals surface area (Å²) in [5, 5.41) is 30.1. The van der Waals surface area contributed by atoms with Crippen LogP contribution in [0.5, 0.6) is 17.2 Å². The minimum atomic E-state index is 0.198. The summed E-state index contributed by atoms with van der Waals surface area (Å²) in [7, 11) is 0. The first-order valence-corrected chi connectivity index (χ1v) is 10.5. The molecule has 0 amide bonds. The van der Waals surface area contributed by atoms with E-state index in [1.165, 1.54) is 0 Å². The lowest BCUT2D eigenvalue weighted by atomic mass is 10.1. The molecule has 4 aromatic rings. The van der Waals surface area contributed by atoms with Gasteiger partial charge in [0.25, 0.3) is 0 Å². The zero-order valence-electron chi connectivity index (χ0n) is 17.8. The molecule has 162 valence electrons. The molecule has 0 aliphatic rings. The van der Waals surface area contributed by atoms with E-state index in [0.29, 0.717) is 28.1 Å². The standard InChI is InChI=1S/C29H23NO3/c31-27-10-4-1-7-22(27)14-13-21-19-25(17-15-23-8-2-5-11-28(23)32)30-26(20-21)18-16-24-9-3-6-12-29(24)33/h1-20,31-33H. The lowest BCUT2D eigenvalue weighted by molar-refractivity contribution is 0.473. The van der Waals surface area contributed by atoms with Crippen molar-refractivity contribution in [2.45, 2.75) is 0 Å². The fourth-order valence-corrected chi connectivity index (χ4v) is 3.29. The number of benzene rings is 3. The summed E-state index contributed by atoms with van der Waals surface area (Å²) in [6, 6.07) is 25.2. The van der Waals surface area contributed by atoms with Gasteiger partial charge >= 0.3 is 0 Å². The smallest absolute Gasteiger partial charge is 0.122 e. The third-order valence-corrected chi connectivity index (χ3v) is 5.02. The second-order valence-corrected chi connectivity index (χ2v) is 7.43. The van der Waals surface area contributed by atoms with Gasteiger partial charge in [0.2, 0.25) is 0 Å². The number of aromatic hydroxyl groups is 3. The van der Waals surface area contributed by atoms with Gasteiger partial charge < -0.3 is 15.3 Å². The van der Waals surface area contributed by atoms with Crippen molar-refractivity contribution in [2.75, 3.05) is 0 Å². The van der Waals surface area contributed by atoms with Gasteiger partial charge in [0.05, 0.1) is 11.4 Å². The third-order valence-electron chi connectivity index (χ3n) is 5.02. The molecular weight excluding hydrogens is 410 g/mol. The fraction of sp³-hybridized carbons (Fsp3) is 0. The summed E-state index contributed by atoms with van der Waals surface area (Å²) in [6.45, 7) is 0. The van der Waals surface area contributed by atoms with Gasteiger partial charge in [-0.05, 0) is 60.2 Å². The van der Waals surface area contributed by atoms with Gasteiger partial charge in [-0.3, -0.25) is 0 Å². The first-order valence-electron chi connectivity index (χ1n) is 10.5. The Morgan fingerprint density at radius 3 is 1.21 bits per heavy atom. The molecule has 0 fully saturated rings. The summed E-state index contributed by atoms with van der Waals surface area (Å²) in [5.41, 5.74) is 4.40. The SMILES string of the molecule is Oc1ccccc1C=Cc1cc(C=Cc2ccccc2O)nc(C=Cc2ccccc2O)c1. The van der Waals surface area contributed by atoms with Crippen molar-refractivity contribution < 1.29 is 15.3 Å². The summed E-state index contributed by atoms with van der Waals surface area (Å²) < 4.78 is 0. The van der Waals surface area contributed by atoms with Crippen LogP contribution in [0.3, 0.4) is 0 Å². The average Bonchev–Trinajstić information content (AvgIpc) is 2.82. The first-order chi connectivity index (χ1) is 16.1. The molecule has 0 aliphatic heterocycles. The first kappa shape index (κ1) is 21.7. The normalized spacial score (nSPS) is 11.6. The van der Waals surface area contributed by atoms with Crippen molar-refractivity contribution in [2.24, 2.45) is 0 Å². The molecule has 33 heavy (non-hydrogen) atoms. The molecule has 4 heteroatoms. The molecule has 3 N–H and O–H groups in total. The van der Waals surface area contributed by atoms with Crippen molar-refractivity contribution in [3.8, 4) is 17.2 Å². The minimum absolute atomic E-state index is 0.198. The highest BCUT2D eigenvalue weighted by atomic mass is 16.3. The number of hydrogen-bond donors (Lipinski definition) is 3. The van der Waals surface area contributed by atoms with Crippen LogP contribution in [0.15, 0.2) is 84.9 Å². The Morgan fingerprint density at radius 1 is 0.455 bits per heavy atom. The third kappa shape index (κ3) is 5.77. The maximum Gasteiger partial charge on any atom is 0.122 e. The number of nitrogens with zero attached hydrogens (tertiary/aromatic N) is 1. The van der Waals surface area contributed by atoms with E-state index in [1.54, 1.807) is 36.4 Å². The average molecular weight is 434 g/mol. The fourth-order valence-electron chi connectivity index (χ4n) is 3.29. The van der Waals surface area contributed by atoms with Gasteiger partial charge in [-0.2, -0.15) is 0 Å². The topological polar surface area (TPSA) is 73.6 Å². The van der Waals surface area contributed by atoms with Crippen LogP contribution in [0.1, 0.15) is 33.6 Å². The predicted molar refractivity (Wildman–Crippen MR) is 135 cm³/mol. The predicted octanol–water partition coefficient (Wildman–Crippen LogP) is 6.71. The van der Waals surface area contributed by atoms with Crippen LogP contribution in [0.25, 0.3) is 36.5 Å². The van der Waals surface area contributed by atoms with E-state index in [1.807, 2.05) is 85.0 Å². The largest absolute Gasteiger partial charge is 0.507 e. The molecule has 0 unspecified atom stereocenters. The van der Waals surface area contributed by atoms with Crippen LogP contribution in [-0.2, 0) is 0 Å². The molecule has 0 radical (unpaired) electrons. The number of para-hydroxylation sites is 3. The van der Waals surface area contributed by atoms with E-state index in [2.05, 4.69) is 4.98 Å². The number of aromatic nitrogens is 1. The van der Waals surface area contributed by atoms with Crippen LogP contribution >= 0.6 is 0 Å². The van der Waals surface area contributed by atoms with Gasteiger partial charge in [0.1, 0.15) is 17.2 Å². The van der Waals surface area contributed by atoms with Crippen LogP contribution < -0.4 is 0 Å². The Balaban J connectivity index is 1.70. The molecule has 4 rings (SSSR count). The summed E-state index contributed by atoms with van der Waals surface area (Å²) in [4.78, 5) is 4.68. The van der Waals surface area contributed by atoms with Gasteiger partial charge in [-0.25, -0.2) is 4.98 Å². The molecule has 3 aromatic carbocycles. The van der Waals surface area contributed by atoms with E-state index >= 15 is 0 Å². The molecule has 1 aromatic heterocycles. The molecular formula is C29H23NO3. The molecule has 4 nitrogen and oxygen atoms in total. The Labute approximate surface area is 192 Å². The second-order valence-electron chi connectivity index (χ2n) is 7.43. The summed E-state index contributed by atoms with van der Waals surface area (Å²) >= 11 is 0. The Kier molecular flexibility index (Phi) is 6.67. The molecule has 0 saturated heterocycles. The molecule has 1 heterocycles. The number of pyridine rings is 1. The van der Waals surface area contributed by atoms with Crippen LogP contribution in [0.2, 0.25) is 0 Å². The molecule has 0 saturated carbocycles. The van der Waals surface area contributed by atoms with Gasteiger partial charge in [0, 0.05) is 16.7 Å². The van der Waals surface area contributed by atoms with Crippen molar-refractivity contribution in [3.05, 3.63) is 119 Å². The zero-order valence-corrected chi connectivity index (χ0v) is 17.8. The number of rotatable bonds is 6. The van der Waals surface area contributed by atoms with Crippen molar-refractivity contribution >= 4 is 36.5 Å². The number of hydrogen-bond acceptors (Lipinski definition) is 4. The van der Waals surface area contributed by atoms with E-state index in [0.717, 1.165) is 5.56 Å². The Morgan fingerprint density at radius 2 is 0.818 bits per heavy atom. The lowest BCUT2D eigenvalue weighted by Crippen LogP contribution is -1.88. The zero-order chi connectivity index (χ0) is 23.0. The van der Waals surface area contributed by atoms with E-state index < -0.39 is 0 Å². The highest BCUT2D eigenvalue weighted by Gasteiger charge is 2.01. The molecule has 0 atom stereocenters. The van der Waals surface area contributed by atoms with E-state index in [-0.39, 0.29) is 17.2 Å². The highest BCUT2D eigenvalue weighted by molar-refractivity contribution is 5.78.